The Bertz CT molecular complexity index is 2290. The molecule has 0 N–H and O–H groups in total. The summed E-state index contributed by atoms with van der Waals surface area (Å²) >= 11 is 0. The van der Waals surface area contributed by atoms with E-state index in [1.54, 1.807) is 0 Å². The molecule has 4 nitrogen and oxygen atoms in total. The molecule has 3 heterocycles. The summed E-state index contributed by atoms with van der Waals surface area (Å²) in [5.74, 6) is 0.918. The van der Waals surface area contributed by atoms with Gasteiger partial charge < -0.3 is 21.8 Å². The van der Waals surface area contributed by atoms with Crippen LogP contribution in [0.25, 0.3) is 27.6 Å². The van der Waals surface area contributed by atoms with E-state index >= 15 is 0 Å². The topological polar surface area (TPSA) is 24.3 Å². The standard InChI is InChI=1S/C47H52N4.CH3.Pt/c1-44(2,3)32-16-14-19-37(26-32)50-31-49(30-42(50)46(7,8)9)36-18-15-17-34(27-36)47(10,11)35-22-23-39-38-20-12-13-21-40(38)51(41(39)28-35)43-29-33(24-25-48-43)45(4,5)6;;/h12-26,29-30H,31H2,1-11H3;1H3;/q-2;-1;. The summed E-state index contributed by atoms with van der Waals surface area (Å²) in [6, 6.07) is 40.9. The van der Waals surface area contributed by atoms with Crippen molar-refractivity contribution in [2.24, 2.45) is 5.41 Å². The summed E-state index contributed by atoms with van der Waals surface area (Å²) < 4.78 is 2.28. The van der Waals surface area contributed by atoms with E-state index in [-0.39, 0.29) is 50.2 Å². The quantitative estimate of drug-likeness (QED) is 0.161. The maximum Gasteiger partial charge on any atom is 0.135 e. The average Bonchev–Trinajstić information content (AvgIpc) is 3.68. The molecule has 0 aliphatic carbocycles. The third kappa shape index (κ3) is 7.50. The molecule has 53 heavy (non-hydrogen) atoms. The van der Waals surface area contributed by atoms with Crippen LogP contribution in [-0.2, 0) is 37.3 Å². The molecule has 1 aliphatic rings. The van der Waals surface area contributed by atoms with Crippen LogP contribution in [0.15, 0.2) is 109 Å². The Morgan fingerprint density at radius 2 is 1.28 bits per heavy atom. The van der Waals surface area contributed by atoms with Gasteiger partial charge in [-0.25, -0.2) is 4.98 Å². The summed E-state index contributed by atoms with van der Waals surface area (Å²) in [6.45, 7) is 25.8. The molecule has 0 fully saturated rings. The Morgan fingerprint density at radius 1 is 0.623 bits per heavy atom. The molecule has 0 unspecified atom stereocenters. The van der Waals surface area contributed by atoms with Crippen molar-refractivity contribution in [1.82, 2.24) is 9.55 Å². The molecule has 0 atom stereocenters. The molecule has 6 aromatic rings. The van der Waals surface area contributed by atoms with Crippen molar-refractivity contribution in [3.63, 3.8) is 0 Å². The molecule has 0 amide bonds. The second kappa shape index (κ2) is 14.3. The second-order valence-electron chi connectivity index (χ2n) is 17.8. The number of fused-ring (bicyclic) bond motifs is 3. The molecule has 0 saturated carbocycles. The van der Waals surface area contributed by atoms with Gasteiger partial charge in [-0.05, 0) is 63.1 Å². The first-order chi connectivity index (χ1) is 23.9. The van der Waals surface area contributed by atoms with Crippen LogP contribution in [0, 0.1) is 25.0 Å². The van der Waals surface area contributed by atoms with Gasteiger partial charge in [0.05, 0.1) is 6.67 Å². The largest absolute Gasteiger partial charge is 0.358 e. The fourth-order valence-electron chi connectivity index (χ4n) is 7.23. The van der Waals surface area contributed by atoms with E-state index in [2.05, 4.69) is 200 Å². The van der Waals surface area contributed by atoms with Crippen molar-refractivity contribution < 1.29 is 21.1 Å². The van der Waals surface area contributed by atoms with E-state index in [9.17, 15) is 0 Å². The Kier molecular flexibility index (Phi) is 10.8. The monoisotopic (exact) mass is 882 g/mol. The van der Waals surface area contributed by atoms with Gasteiger partial charge in [-0.3, -0.25) is 0 Å². The zero-order valence-corrected chi connectivity index (χ0v) is 35.9. The van der Waals surface area contributed by atoms with E-state index in [0.717, 1.165) is 40.3 Å². The number of anilines is 2. The number of nitrogens with zero attached hydrogens (tertiary/aromatic N) is 4. The van der Waals surface area contributed by atoms with Crippen molar-refractivity contribution in [3.8, 4) is 5.82 Å². The predicted molar refractivity (Wildman–Crippen MR) is 222 cm³/mol. The van der Waals surface area contributed by atoms with Crippen molar-refractivity contribution >= 4 is 33.2 Å². The molecule has 5 heteroatoms. The number of pyridine rings is 1. The van der Waals surface area contributed by atoms with E-state index in [4.69, 9.17) is 4.98 Å². The van der Waals surface area contributed by atoms with E-state index in [1.165, 1.54) is 33.3 Å². The van der Waals surface area contributed by atoms with Crippen LogP contribution in [0.1, 0.15) is 98.4 Å². The second-order valence-corrected chi connectivity index (χ2v) is 17.8. The Labute approximate surface area is 333 Å². The van der Waals surface area contributed by atoms with Crippen molar-refractivity contribution in [2.75, 3.05) is 16.5 Å². The first-order valence-corrected chi connectivity index (χ1v) is 18.3. The first kappa shape index (κ1) is 40.1. The number of para-hydroxylation sites is 1. The Hall–Kier alpha value is -4.14. The van der Waals surface area contributed by atoms with Gasteiger partial charge in [0, 0.05) is 55.8 Å². The molecule has 4 aromatic carbocycles. The van der Waals surface area contributed by atoms with Crippen LogP contribution >= 0.6 is 0 Å². The fraction of sp³-hybridized carbons (Fsp3) is 0.333. The smallest absolute Gasteiger partial charge is 0.135 e. The minimum atomic E-state index is -0.358. The van der Waals surface area contributed by atoms with Crippen LogP contribution in [0.3, 0.4) is 0 Å². The minimum Gasteiger partial charge on any atom is -0.358 e. The molecule has 0 saturated heterocycles. The summed E-state index contributed by atoms with van der Waals surface area (Å²) in [4.78, 5) is 9.70. The van der Waals surface area contributed by atoms with Crippen LogP contribution in [-0.4, -0.2) is 16.2 Å². The molecule has 0 bridgehead atoms. The van der Waals surface area contributed by atoms with Crippen LogP contribution < -0.4 is 9.80 Å². The van der Waals surface area contributed by atoms with Crippen LogP contribution in [0.5, 0.6) is 0 Å². The van der Waals surface area contributed by atoms with E-state index in [1.807, 2.05) is 6.20 Å². The minimum absolute atomic E-state index is 0. The summed E-state index contributed by atoms with van der Waals surface area (Å²) in [5.41, 5.74) is 10.3. The Balaban J connectivity index is 0.00000271. The fourth-order valence-corrected chi connectivity index (χ4v) is 7.23. The number of hydrogen-bond donors (Lipinski definition) is 0. The number of hydrogen-bond acceptors (Lipinski definition) is 3. The van der Waals surface area contributed by atoms with Crippen LogP contribution in [0.4, 0.5) is 11.4 Å². The Morgan fingerprint density at radius 3 is 1.98 bits per heavy atom. The van der Waals surface area contributed by atoms with Crippen LogP contribution in [0.2, 0.25) is 0 Å². The van der Waals surface area contributed by atoms with Crippen molar-refractivity contribution in [1.29, 1.82) is 0 Å². The molecule has 0 radical (unpaired) electrons. The predicted octanol–water partition coefficient (Wildman–Crippen LogP) is 12.3. The van der Waals surface area contributed by atoms with Gasteiger partial charge in [0.25, 0.3) is 0 Å². The molecule has 7 rings (SSSR count). The van der Waals surface area contributed by atoms with Gasteiger partial charge >= 0.3 is 0 Å². The maximum absolute atomic E-state index is 4.89. The molecule has 1 aliphatic heterocycles. The molecular weight excluding hydrogens is 828 g/mol. The SMILES string of the molecule is CC(C)(C)C1=CN(c2[c-]c(C(C)(C)c3[c-]c4c(cc3)c3ccccc3n4-c3cc(C(C)(C)C)ccn3)ccc2)CN1c1cccc(C(C)(C)C)c1.[CH3-].[Pt]. The summed E-state index contributed by atoms with van der Waals surface area (Å²) in [7, 11) is 0. The molecular formula is C48H55N4Pt-3. The third-order valence-electron chi connectivity index (χ3n) is 10.5. The van der Waals surface area contributed by atoms with Gasteiger partial charge in [0.15, 0.2) is 0 Å². The van der Waals surface area contributed by atoms with Crippen molar-refractivity contribution in [3.05, 3.63) is 151 Å². The van der Waals surface area contributed by atoms with Gasteiger partial charge in [-0.2, -0.15) is 47.5 Å². The van der Waals surface area contributed by atoms with Crippen molar-refractivity contribution in [2.45, 2.75) is 92.4 Å². The van der Waals surface area contributed by atoms with Gasteiger partial charge in [-0.1, -0.05) is 118 Å². The molecule has 2 aromatic heterocycles. The first-order valence-electron chi connectivity index (χ1n) is 18.3. The number of benzene rings is 4. The van der Waals surface area contributed by atoms with Gasteiger partial charge in [-0.15, -0.1) is 11.5 Å². The third-order valence-corrected chi connectivity index (χ3v) is 10.5. The molecule has 280 valence electrons. The van der Waals surface area contributed by atoms with Gasteiger partial charge in [0.1, 0.15) is 5.82 Å². The number of allylic oxidation sites excluding steroid dienone is 1. The number of rotatable bonds is 5. The number of aromatic nitrogens is 2. The van der Waals surface area contributed by atoms with Gasteiger partial charge in [0.2, 0.25) is 0 Å². The maximum atomic E-state index is 4.89. The molecule has 0 spiro atoms. The van der Waals surface area contributed by atoms with E-state index in [0.29, 0.717) is 0 Å². The summed E-state index contributed by atoms with van der Waals surface area (Å²) in [5, 5.41) is 2.39. The zero-order valence-electron chi connectivity index (χ0n) is 33.6. The normalized spacial score (nSPS) is 14.0. The van der Waals surface area contributed by atoms with E-state index < -0.39 is 0 Å². The zero-order chi connectivity index (χ0) is 36.5. The summed E-state index contributed by atoms with van der Waals surface area (Å²) in [6.07, 6.45) is 4.26. The average molecular weight is 883 g/mol.